The number of pyridine rings is 1. The molecule has 19 heavy (non-hydrogen) atoms. The number of ether oxygens (including phenoxy) is 1. The standard InChI is InChI=1S/C14H14ClN3O/c1-18-11-13(9-17-18)4-6-19-14-7-12(3-2-5-15)8-16-10-14/h7-11H,4-6H2,1H3. The van der Waals surface area contributed by atoms with E-state index in [-0.39, 0.29) is 0 Å². The first-order valence-corrected chi connectivity index (χ1v) is 6.41. The van der Waals surface area contributed by atoms with Gasteiger partial charge in [-0.05, 0) is 11.6 Å². The van der Waals surface area contributed by atoms with Crippen LogP contribution in [0.5, 0.6) is 5.75 Å². The third-order valence-corrected chi connectivity index (χ3v) is 2.56. The van der Waals surface area contributed by atoms with Crippen molar-refractivity contribution in [3.05, 3.63) is 42.0 Å². The van der Waals surface area contributed by atoms with Gasteiger partial charge in [-0.1, -0.05) is 11.8 Å². The van der Waals surface area contributed by atoms with Gasteiger partial charge in [-0.3, -0.25) is 9.67 Å². The summed E-state index contributed by atoms with van der Waals surface area (Å²) in [7, 11) is 1.90. The molecule has 5 heteroatoms. The highest BCUT2D eigenvalue weighted by Crippen LogP contribution is 2.11. The van der Waals surface area contributed by atoms with E-state index in [1.807, 2.05) is 25.5 Å². The van der Waals surface area contributed by atoms with Crippen LogP contribution in [0, 0.1) is 11.8 Å². The molecule has 0 atom stereocenters. The number of alkyl halides is 1. The van der Waals surface area contributed by atoms with Crippen molar-refractivity contribution in [2.24, 2.45) is 7.05 Å². The summed E-state index contributed by atoms with van der Waals surface area (Å²) >= 11 is 5.51. The molecule has 0 spiro atoms. The number of nitrogens with zero attached hydrogens (tertiary/aromatic N) is 3. The van der Waals surface area contributed by atoms with E-state index in [0.29, 0.717) is 18.2 Å². The Kier molecular flexibility index (Phi) is 4.82. The summed E-state index contributed by atoms with van der Waals surface area (Å²) < 4.78 is 7.42. The molecular formula is C14H14ClN3O. The summed E-state index contributed by atoms with van der Waals surface area (Å²) in [5, 5.41) is 4.11. The summed E-state index contributed by atoms with van der Waals surface area (Å²) in [5.41, 5.74) is 1.95. The minimum absolute atomic E-state index is 0.312. The maximum absolute atomic E-state index is 5.64. The Balaban J connectivity index is 1.89. The maximum atomic E-state index is 5.64. The second-order valence-corrected chi connectivity index (χ2v) is 4.23. The fraction of sp³-hybridized carbons (Fsp3) is 0.286. The van der Waals surface area contributed by atoms with Crippen LogP contribution in [0.25, 0.3) is 0 Å². The van der Waals surface area contributed by atoms with Gasteiger partial charge in [0.05, 0.1) is 24.9 Å². The maximum Gasteiger partial charge on any atom is 0.138 e. The Morgan fingerprint density at radius 2 is 2.26 bits per heavy atom. The number of aromatic nitrogens is 3. The third-order valence-electron chi connectivity index (χ3n) is 2.43. The van der Waals surface area contributed by atoms with Crippen LogP contribution in [-0.4, -0.2) is 27.3 Å². The third kappa shape index (κ3) is 4.31. The van der Waals surface area contributed by atoms with Gasteiger partial charge in [-0.25, -0.2) is 0 Å². The van der Waals surface area contributed by atoms with Crippen LogP contribution in [0.4, 0.5) is 0 Å². The normalized spacial score (nSPS) is 9.79. The summed E-state index contributed by atoms with van der Waals surface area (Å²) in [5.74, 6) is 6.72. The molecule has 98 valence electrons. The van der Waals surface area contributed by atoms with Gasteiger partial charge in [0.2, 0.25) is 0 Å². The zero-order valence-electron chi connectivity index (χ0n) is 10.6. The van der Waals surface area contributed by atoms with Crippen LogP contribution < -0.4 is 4.74 Å². The second-order valence-electron chi connectivity index (χ2n) is 3.97. The Bertz CT molecular complexity index is 598. The zero-order valence-corrected chi connectivity index (χ0v) is 11.4. The molecule has 0 N–H and O–H groups in total. The quantitative estimate of drug-likeness (QED) is 0.633. The zero-order chi connectivity index (χ0) is 13.5. The molecule has 2 aromatic rings. The molecule has 2 aromatic heterocycles. The monoisotopic (exact) mass is 275 g/mol. The highest BCUT2D eigenvalue weighted by atomic mass is 35.5. The number of hydrogen-bond donors (Lipinski definition) is 0. The van der Waals surface area contributed by atoms with Gasteiger partial charge in [0, 0.05) is 31.4 Å². The van der Waals surface area contributed by atoms with E-state index in [9.17, 15) is 0 Å². The van der Waals surface area contributed by atoms with Gasteiger partial charge >= 0.3 is 0 Å². The Morgan fingerprint density at radius 3 is 3.00 bits per heavy atom. The molecule has 0 aliphatic carbocycles. The van der Waals surface area contributed by atoms with E-state index in [2.05, 4.69) is 21.9 Å². The van der Waals surface area contributed by atoms with E-state index in [0.717, 1.165) is 17.5 Å². The lowest BCUT2D eigenvalue weighted by Gasteiger charge is -2.04. The average molecular weight is 276 g/mol. The molecule has 0 aliphatic heterocycles. The molecule has 2 heterocycles. The summed E-state index contributed by atoms with van der Waals surface area (Å²) in [6.07, 6.45) is 7.99. The summed E-state index contributed by atoms with van der Waals surface area (Å²) in [6, 6.07) is 1.86. The SMILES string of the molecule is Cn1cc(CCOc2cncc(C#CCCl)c2)cn1. The van der Waals surface area contributed by atoms with Crippen molar-refractivity contribution in [3.63, 3.8) is 0 Å². The van der Waals surface area contributed by atoms with E-state index in [1.165, 1.54) is 0 Å². The molecule has 0 saturated carbocycles. The smallest absolute Gasteiger partial charge is 0.138 e. The topological polar surface area (TPSA) is 39.9 Å². The van der Waals surface area contributed by atoms with Crippen molar-refractivity contribution in [3.8, 4) is 17.6 Å². The Morgan fingerprint density at radius 1 is 1.37 bits per heavy atom. The van der Waals surface area contributed by atoms with E-state index < -0.39 is 0 Å². The van der Waals surface area contributed by atoms with E-state index >= 15 is 0 Å². The minimum atomic E-state index is 0.312. The highest BCUT2D eigenvalue weighted by molar-refractivity contribution is 6.19. The molecule has 0 aromatic carbocycles. The molecule has 0 fully saturated rings. The number of rotatable bonds is 4. The molecule has 0 saturated heterocycles. The largest absolute Gasteiger partial charge is 0.492 e. The lowest BCUT2D eigenvalue weighted by molar-refractivity contribution is 0.320. The fourth-order valence-corrected chi connectivity index (χ4v) is 1.66. The van der Waals surface area contributed by atoms with Gasteiger partial charge in [-0.15, -0.1) is 11.6 Å². The van der Waals surface area contributed by atoms with Crippen molar-refractivity contribution in [2.75, 3.05) is 12.5 Å². The molecule has 0 bridgehead atoms. The predicted octanol–water partition coefficient (Wildman–Crippen LogP) is 2.03. The first-order valence-electron chi connectivity index (χ1n) is 5.88. The Hall–Kier alpha value is -1.99. The van der Waals surface area contributed by atoms with Gasteiger partial charge in [0.1, 0.15) is 5.75 Å². The van der Waals surface area contributed by atoms with Gasteiger partial charge in [-0.2, -0.15) is 5.10 Å². The van der Waals surface area contributed by atoms with Gasteiger partial charge in [0.25, 0.3) is 0 Å². The van der Waals surface area contributed by atoms with Crippen LogP contribution in [0.15, 0.2) is 30.9 Å². The van der Waals surface area contributed by atoms with Crippen LogP contribution in [0.3, 0.4) is 0 Å². The van der Waals surface area contributed by atoms with Gasteiger partial charge < -0.3 is 4.74 Å². The number of hydrogen-bond acceptors (Lipinski definition) is 3. The number of aryl methyl sites for hydroxylation is 1. The first-order chi connectivity index (χ1) is 9.28. The van der Waals surface area contributed by atoms with Crippen molar-refractivity contribution in [1.29, 1.82) is 0 Å². The molecule has 2 rings (SSSR count). The van der Waals surface area contributed by atoms with Crippen molar-refractivity contribution in [2.45, 2.75) is 6.42 Å². The molecule has 0 radical (unpaired) electrons. The second kappa shape index (κ2) is 6.81. The van der Waals surface area contributed by atoms with Crippen LogP contribution >= 0.6 is 11.6 Å². The van der Waals surface area contributed by atoms with Crippen molar-refractivity contribution >= 4 is 11.6 Å². The molecule has 0 amide bonds. The highest BCUT2D eigenvalue weighted by Gasteiger charge is 1.99. The molecule has 0 unspecified atom stereocenters. The van der Waals surface area contributed by atoms with Crippen LogP contribution in [0.1, 0.15) is 11.1 Å². The van der Waals surface area contributed by atoms with E-state index in [1.54, 1.807) is 17.1 Å². The molecule has 4 nitrogen and oxygen atoms in total. The minimum Gasteiger partial charge on any atom is -0.492 e. The summed E-state index contributed by atoms with van der Waals surface area (Å²) in [4.78, 5) is 4.08. The fourth-order valence-electron chi connectivity index (χ4n) is 1.59. The first kappa shape index (κ1) is 13.4. The Labute approximate surface area is 117 Å². The van der Waals surface area contributed by atoms with Crippen LogP contribution in [0.2, 0.25) is 0 Å². The summed E-state index contributed by atoms with van der Waals surface area (Å²) in [6.45, 7) is 0.583. The predicted molar refractivity (Wildman–Crippen MR) is 74.2 cm³/mol. The van der Waals surface area contributed by atoms with Crippen LogP contribution in [-0.2, 0) is 13.5 Å². The van der Waals surface area contributed by atoms with Crippen molar-refractivity contribution < 1.29 is 4.74 Å². The number of halogens is 1. The lowest BCUT2D eigenvalue weighted by Crippen LogP contribution is -2.01. The average Bonchev–Trinajstić information content (AvgIpc) is 2.83. The lowest BCUT2D eigenvalue weighted by atomic mass is 10.2. The van der Waals surface area contributed by atoms with Crippen molar-refractivity contribution in [1.82, 2.24) is 14.8 Å². The molecule has 0 aliphatic rings. The van der Waals surface area contributed by atoms with E-state index in [4.69, 9.17) is 16.3 Å². The van der Waals surface area contributed by atoms with Gasteiger partial charge in [0.15, 0.2) is 0 Å². The molecular weight excluding hydrogens is 262 g/mol.